The molecule has 7 aliphatic rings. The lowest BCUT2D eigenvalue weighted by Crippen LogP contribution is -2.53. The second kappa shape index (κ2) is 12.1. The molecule has 10 rings (SSSR count). The summed E-state index contributed by atoms with van der Waals surface area (Å²) in [6.45, 7) is 34.3. The molecule has 3 unspecified atom stereocenters. The maximum atomic E-state index is 2.92. The van der Waals surface area contributed by atoms with Crippen LogP contribution in [0.25, 0.3) is 21.8 Å². The Morgan fingerprint density at radius 2 is 1.38 bits per heavy atom. The molecule has 0 fully saturated rings. The Morgan fingerprint density at radius 1 is 0.672 bits per heavy atom. The van der Waals surface area contributed by atoms with Crippen LogP contribution in [-0.2, 0) is 10.8 Å². The molecule has 4 aliphatic carbocycles. The molecule has 0 radical (unpaired) electrons. The lowest BCUT2D eigenvalue weighted by molar-refractivity contribution is 0.287. The quantitative estimate of drug-likeness (QED) is 0.236. The van der Waals surface area contributed by atoms with E-state index in [1.54, 1.807) is 44.5 Å². The van der Waals surface area contributed by atoms with Crippen LogP contribution in [0.2, 0.25) is 0 Å². The summed E-state index contributed by atoms with van der Waals surface area (Å²) in [6.07, 6.45) is 23.2. The Kier molecular flexibility index (Phi) is 7.96. The molecule has 2 aromatic carbocycles. The summed E-state index contributed by atoms with van der Waals surface area (Å²) in [7, 11) is 0. The van der Waals surface area contributed by atoms with E-state index in [1.165, 1.54) is 44.1 Å². The second-order valence-corrected chi connectivity index (χ2v) is 23.8. The third kappa shape index (κ3) is 5.42. The van der Waals surface area contributed by atoms with Crippen molar-refractivity contribution in [3.8, 4) is 0 Å². The number of nitrogens with zero attached hydrogens (tertiary/aromatic N) is 2. The minimum Gasteiger partial charge on any atom is -0.334 e. The number of hydrogen-bond acceptors (Lipinski definition) is 1. The Bertz CT molecular complexity index is 2600. The lowest BCUT2D eigenvalue weighted by atomic mass is 9.30. The largest absolute Gasteiger partial charge is 0.334 e. The number of fused-ring (bicyclic) bond motifs is 10. The first kappa shape index (κ1) is 38.2. The Balaban J connectivity index is 1.34. The lowest BCUT2D eigenvalue weighted by Gasteiger charge is -2.50. The van der Waals surface area contributed by atoms with Gasteiger partial charge in [-0.05, 0) is 123 Å². The van der Waals surface area contributed by atoms with Crippen LogP contribution < -0.4 is 5.46 Å². The van der Waals surface area contributed by atoms with Gasteiger partial charge in [0.05, 0.1) is 12.1 Å². The first-order valence-electron chi connectivity index (χ1n) is 22.6. The first-order valence-corrected chi connectivity index (χ1v) is 22.6. The topological polar surface area (TPSA) is 8.17 Å². The zero-order chi connectivity index (χ0) is 41.2. The van der Waals surface area contributed by atoms with Gasteiger partial charge in [0.1, 0.15) is 0 Å². The van der Waals surface area contributed by atoms with Crippen molar-refractivity contribution in [2.45, 2.75) is 152 Å². The van der Waals surface area contributed by atoms with Crippen molar-refractivity contribution in [1.82, 2.24) is 9.47 Å². The summed E-state index contributed by atoms with van der Waals surface area (Å²) in [6, 6.07) is 13.3. The minimum absolute atomic E-state index is 0.0167. The van der Waals surface area contributed by atoms with Gasteiger partial charge in [-0.25, -0.2) is 0 Å². The second-order valence-electron chi connectivity index (χ2n) is 23.8. The van der Waals surface area contributed by atoms with Gasteiger partial charge in [0.25, 0.3) is 0 Å². The van der Waals surface area contributed by atoms with E-state index in [2.05, 4.69) is 179 Å². The van der Waals surface area contributed by atoms with Crippen LogP contribution in [0.1, 0.15) is 146 Å². The SMILES string of the molecule is CC(C)(C)C1=CC=C2C3=C4C(=CC(C(C)(C)C)C3)B3C5=C(C=C(C(C)(C)C6=CC=CCC6)CC5n5c6ccc(C(C)(C)C)cc6c6cc(C(C)(C)C)cc3c65)N4C2C1. The number of hydrogen-bond donors (Lipinski definition) is 0. The van der Waals surface area contributed by atoms with Gasteiger partial charge in [-0.2, -0.15) is 0 Å². The highest BCUT2D eigenvalue weighted by atomic mass is 15.2. The van der Waals surface area contributed by atoms with Gasteiger partial charge in [0.15, 0.2) is 0 Å². The van der Waals surface area contributed by atoms with E-state index in [0.717, 1.165) is 32.1 Å². The van der Waals surface area contributed by atoms with Gasteiger partial charge in [-0.3, -0.25) is 0 Å². The van der Waals surface area contributed by atoms with Gasteiger partial charge in [-0.15, -0.1) is 0 Å². The fourth-order valence-corrected chi connectivity index (χ4v) is 11.9. The van der Waals surface area contributed by atoms with Crippen LogP contribution in [-0.4, -0.2) is 22.2 Å². The molecule has 0 amide bonds. The standard InChI is InChI=1S/C55H67BN2/c1-51(2,3)33-21-23-44-39(24-33)41-26-36(54(10,11)12)28-43-50(41)57(44)46-30-37(55(13,14)32-18-16-15-17-19-32)31-47-48(46)56(43)42-27-35(53(7,8)9)25-40-38-22-20-34(52(4,5)6)29-45(38)58(47)49(40)42/h15-16,18,20-24,26-28,31,35,45-46H,17,19,25,29-30H2,1-14H3. The third-order valence-electron chi connectivity index (χ3n) is 15.7. The highest BCUT2D eigenvalue weighted by Gasteiger charge is 2.55. The maximum absolute atomic E-state index is 2.92. The van der Waals surface area contributed by atoms with Crippen molar-refractivity contribution < 1.29 is 0 Å². The summed E-state index contributed by atoms with van der Waals surface area (Å²) >= 11 is 0. The molecular weight excluding hydrogens is 699 g/mol. The molecule has 0 bridgehead atoms. The maximum Gasteiger partial charge on any atom is 0.247 e. The van der Waals surface area contributed by atoms with E-state index in [0.29, 0.717) is 12.0 Å². The smallest absolute Gasteiger partial charge is 0.247 e. The molecule has 0 saturated heterocycles. The van der Waals surface area contributed by atoms with Crippen molar-refractivity contribution in [3.05, 3.63) is 134 Å². The van der Waals surface area contributed by atoms with Crippen LogP contribution in [0, 0.1) is 22.2 Å². The summed E-state index contributed by atoms with van der Waals surface area (Å²) in [4.78, 5) is 2.92. The Morgan fingerprint density at radius 3 is 2.03 bits per heavy atom. The molecule has 4 heterocycles. The van der Waals surface area contributed by atoms with E-state index < -0.39 is 0 Å². The normalized spacial score (nSPS) is 24.4. The number of rotatable bonds is 2. The monoisotopic (exact) mass is 767 g/mol. The first-order chi connectivity index (χ1) is 27.0. The van der Waals surface area contributed by atoms with Crippen LogP contribution >= 0.6 is 0 Å². The Labute approximate surface area is 350 Å². The third-order valence-corrected chi connectivity index (χ3v) is 15.7. The summed E-state index contributed by atoms with van der Waals surface area (Å²) in [5, 5.41) is 2.87. The summed E-state index contributed by atoms with van der Waals surface area (Å²) in [5.74, 6) is 0.472. The number of aromatic nitrogens is 1. The predicted molar refractivity (Wildman–Crippen MR) is 250 cm³/mol. The van der Waals surface area contributed by atoms with Gasteiger partial charge in [0.2, 0.25) is 6.71 Å². The van der Waals surface area contributed by atoms with Crippen molar-refractivity contribution in [3.63, 3.8) is 0 Å². The molecule has 0 saturated carbocycles. The van der Waals surface area contributed by atoms with E-state index >= 15 is 0 Å². The highest BCUT2D eigenvalue weighted by molar-refractivity contribution is 6.89. The molecule has 0 spiro atoms. The van der Waals surface area contributed by atoms with Crippen molar-refractivity contribution in [1.29, 1.82) is 0 Å². The van der Waals surface area contributed by atoms with Crippen LogP contribution in [0.15, 0.2) is 123 Å². The molecule has 3 heteroatoms. The molecular formula is C55H67BN2. The fraction of sp³-hybridized carbons (Fsp3) is 0.491. The number of benzene rings is 2. The zero-order valence-corrected chi connectivity index (χ0v) is 38.2. The molecule has 2 nitrogen and oxygen atoms in total. The number of allylic oxidation sites excluding steroid dienone is 11. The van der Waals surface area contributed by atoms with Crippen molar-refractivity contribution in [2.24, 2.45) is 22.2 Å². The average Bonchev–Trinajstić information content (AvgIpc) is 3.66. The predicted octanol–water partition coefficient (Wildman–Crippen LogP) is 13.9. The van der Waals surface area contributed by atoms with Crippen LogP contribution in [0.5, 0.6) is 0 Å². The fourth-order valence-electron chi connectivity index (χ4n) is 11.9. The zero-order valence-electron chi connectivity index (χ0n) is 38.2. The molecule has 58 heavy (non-hydrogen) atoms. The average molecular weight is 767 g/mol. The molecule has 3 atom stereocenters. The summed E-state index contributed by atoms with van der Waals surface area (Å²) < 4.78 is 2.86. The van der Waals surface area contributed by atoms with Crippen molar-refractivity contribution in [2.75, 3.05) is 0 Å². The minimum atomic E-state index is -0.0463. The molecule has 0 N–H and O–H groups in total. The summed E-state index contributed by atoms with van der Waals surface area (Å²) in [5.41, 5.74) is 21.8. The van der Waals surface area contributed by atoms with E-state index in [-0.39, 0.29) is 39.8 Å². The van der Waals surface area contributed by atoms with E-state index in [1.807, 2.05) is 0 Å². The van der Waals surface area contributed by atoms with Crippen LogP contribution in [0.3, 0.4) is 0 Å². The van der Waals surface area contributed by atoms with Gasteiger partial charge in [0, 0.05) is 38.6 Å². The van der Waals surface area contributed by atoms with E-state index in [4.69, 9.17) is 0 Å². The van der Waals surface area contributed by atoms with Gasteiger partial charge in [-0.1, -0.05) is 162 Å². The Hall–Kier alpha value is -3.98. The molecule has 1 aromatic heterocycles. The molecule has 300 valence electrons. The van der Waals surface area contributed by atoms with Crippen LogP contribution in [0.4, 0.5) is 0 Å². The van der Waals surface area contributed by atoms with Crippen molar-refractivity contribution >= 4 is 34.0 Å². The molecule has 3 aliphatic heterocycles. The highest BCUT2D eigenvalue weighted by Crippen LogP contribution is 2.60. The van der Waals surface area contributed by atoms with Gasteiger partial charge >= 0.3 is 0 Å². The van der Waals surface area contributed by atoms with Gasteiger partial charge < -0.3 is 9.47 Å². The molecule has 3 aromatic rings. The van der Waals surface area contributed by atoms with E-state index in [9.17, 15) is 0 Å².